The normalized spacial score (nSPS) is 7.62. The fourth-order valence-corrected chi connectivity index (χ4v) is 0.230. The van der Waals surface area contributed by atoms with Crippen molar-refractivity contribution in [1.29, 1.82) is 0 Å². The van der Waals surface area contributed by atoms with E-state index in [0.29, 0.717) is 6.42 Å². The van der Waals surface area contributed by atoms with Crippen molar-refractivity contribution in [3.63, 3.8) is 0 Å². The SMILES string of the molecule is O=C(O)CCCO.[LiH]. The van der Waals surface area contributed by atoms with Crippen molar-refractivity contribution in [2.24, 2.45) is 0 Å². The summed E-state index contributed by atoms with van der Waals surface area (Å²) in [4.78, 5) is 9.65. The fraction of sp³-hybridized carbons (Fsp3) is 0.750. The summed E-state index contributed by atoms with van der Waals surface area (Å²) in [5, 5.41) is 16.0. The molecular formula is C4H9LiO3. The maximum absolute atomic E-state index is 9.65. The van der Waals surface area contributed by atoms with Gasteiger partial charge in [0.25, 0.3) is 0 Å². The van der Waals surface area contributed by atoms with Gasteiger partial charge in [-0.3, -0.25) is 4.79 Å². The molecule has 0 radical (unpaired) electrons. The van der Waals surface area contributed by atoms with Crippen LogP contribution in [0.5, 0.6) is 0 Å². The second-order valence-corrected chi connectivity index (χ2v) is 1.22. The molecule has 3 nitrogen and oxygen atoms in total. The van der Waals surface area contributed by atoms with Gasteiger partial charge in [-0.2, -0.15) is 0 Å². The standard InChI is InChI=1S/C4H8O3.Li.H/c5-3-1-2-4(6)7;;/h5H,1-3H2,(H,6,7);;. The molecule has 0 aliphatic carbocycles. The van der Waals surface area contributed by atoms with Crippen LogP contribution in [0.15, 0.2) is 0 Å². The van der Waals surface area contributed by atoms with Crippen molar-refractivity contribution in [3.8, 4) is 0 Å². The van der Waals surface area contributed by atoms with Crippen molar-refractivity contribution >= 4 is 24.8 Å². The quantitative estimate of drug-likeness (QED) is 0.469. The molecule has 0 amide bonds. The average Bonchev–Trinajstić information content (AvgIpc) is 1.61. The molecule has 4 heteroatoms. The Morgan fingerprint density at radius 3 is 2.12 bits per heavy atom. The van der Waals surface area contributed by atoms with Crippen molar-refractivity contribution < 1.29 is 15.0 Å². The van der Waals surface area contributed by atoms with Crippen LogP contribution in [-0.2, 0) is 4.79 Å². The Labute approximate surface area is 59.9 Å². The topological polar surface area (TPSA) is 57.5 Å². The molecule has 8 heavy (non-hydrogen) atoms. The average molecular weight is 112 g/mol. The molecule has 0 aliphatic heterocycles. The Morgan fingerprint density at radius 2 is 2.00 bits per heavy atom. The molecule has 0 bridgehead atoms. The van der Waals surface area contributed by atoms with E-state index in [9.17, 15) is 4.79 Å². The van der Waals surface area contributed by atoms with E-state index in [-0.39, 0.29) is 31.9 Å². The van der Waals surface area contributed by atoms with Gasteiger partial charge in [-0.25, -0.2) is 0 Å². The molecule has 0 aromatic heterocycles. The van der Waals surface area contributed by atoms with Crippen molar-refractivity contribution in [2.45, 2.75) is 12.8 Å². The molecule has 0 saturated heterocycles. The van der Waals surface area contributed by atoms with Crippen LogP contribution in [0.25, 0.3) is 0 Å². The second-order valence-electron chi connectivity index (χ2n) is 1.22. The number of hydrogen-bond donors (Lipinski definition) is 2. The Bertz CT molecular complexity index is 64.3. The molecule has 0 spiro atoms. The molecule has 0 atom stereocenters. The van der Waals surface area contributed by atoms with Gasteiger partial charge in [0.05, 0.1) is 0 Å². The van der Waals surface area contributed by atoms with Gasteiger partial charge in [0, 0.05) is 13.0 Å². The van der Waals surface area contributed by atoms with Crippen LogP contribution in [0.3, 0.4) is 0 Å². The van der Waals surface area contributed by atoms with E-state index < -0.39 is 5.97 Å². The van der Waals surface area contributed by atoms with Crippen LogP contribution in [0.4, 0.5) is 0 Å². The van der Waals surface area contributed by atoms with Gasteiger partial charge in [-0.1, -0.05) is 0 Å². The molecule has 44 valence electrons. The minimum atomic E-state index is -0.853. The summed E-state index contributed by atoms with van der Waals surface area (Å²) in [6.07, 6.45) is 0.422. The predicted octanol–water partition coefficient (Wildman–Crippen LogP) is -0.805. The third-order valence-corrected chi connectivity index (χ3v) is 0.549. The van der Waals surface area contributed by atoms with Gasteiger partial charge in [0.2, 0.25) is 0 Å². The maximum atomic E-state index is 9.65. The number of hydrogen-bond acceptors (Lipinski definition) is 2. The Morgan fingerprint density at radius 1 is 1.50 bits per heavy atom. The van der Waals surface area contributed by atoms with Crippen molar-refractivity contribution in [1.82, 2.24) is 0 Å². The van der Waals surface area contributed by atoms with Gasteiger partial charge in [0.1, 0.15) is 0 Å². The van der Waals surface area contributed by atoms with Gasteiger partial charge in [0.15, 0.2) is 0 Å². The molecule has 2 N–H and O–H groups in total. The van der Waals surface area contributed by atoms with Gasteiger partial charge in [-0.15, -0.1) is 0 Å². The molecule has 0 aromatic carbocycles. The molecule has 0 aliphatic rings. The number of carboxylic acid groups (broad SMARTS) is 1. The monoisotopic (exact) mass is 112 g/mol. The number of aliphatic carboxylic acids is 1. The van der Waals surface area contributed by atoms with E-state index >= 15 is 0 Å². The van der Waals surface area contributed by atoms with E-state index in [1.807, 2.05) is 0 Å². The summed E-state index contributed by atoms with van der Waals surface area (Å²) in [6.45, 7) is -0.0354. The molecule has 0 heterocycles. The first-order valence-electron chi connectivity index (χ1n) is 2.10. The van der Waals surface area contributed by atoms with Crippen LogP contribution >= 0.6 is 0 Å². The Hall–Kier alpha value is 0.0274. The first kappa shape index (κ1) is 10.9. The number of rotatable bonds is 3. The zero-order valence-corrected chi connectivity index (χ0v) is 3.92. The summed E-state index contributed by atoms with van der Waals surface area (Å²) in [5.74, 6) is -0.853. The number of aliphatic hydroxyl groups is 1. The van der Waals surface area contributed by atoms with E-state index in [1.54, 1.807) is 0 Å². The number of carbonyl (C=O) groups is 1. The summed E-state index contributed by atoms with van der Waals surface area (Å²) < 4.78 is 0. The van der Waals surface area contributed by atoms with E-state index in [2.05, 4.69) is 0 Å². The number of aliphatic hydroxyl groups excluding tert-OH is 1. The van der Waals surface area contributed by atoms with Crippen LogP contribution in [-0.4, -0.2) is 41.6 Å². The molecule has 0 rings (SSSR count). The molecule has 0 saturated carbocycles. The molecular weight excluding hydrogens is 103 g/mol. The Kier molecular flexibility index (Phi) is 9.59. The third-order valence-electron chi connectivity index (χ3n) is 0.549. The van der Waals surface area contributed by atoms with Gasteiger partial charge < -0.3 is 10.2 Å². The summed E-state index contributed by atoms with van der Waals surface area (Å²) in [6, 6.07) is 0. The van der Waals surface area contributed by atoms with Crippen molar-refractivity contribution in [2.75, 3.05) is 6.61 Å². The van der Waals surface area contributed by atoms with Crippen LogP contribution in [0.1, 0.15) is 12.8 Å². The zero-order chi connectivity index (χ0) is 5.70. The molecule has 0 unspecified atom stereocenters. The van der Waals surface area contributed by atoms with E-state index in [0.717, 1.165) is 0 Å². The third kappa shape index (κ3) is 9.39. The van der Waals surface area contributed by atoms with Gasteiger partial charge in [-0.05, 0) is 6.42 Å². The van der Waals surface area contributed by atoms with Crippen molar-refractivity contribution in [3.05, 3.63) is 0 Å². The summed E-state index contributed by atoms with van der Waals surface area (Å²) >= 11 is 0. The summed E-state index contributed by atoms with van der Waals surface area (Å²) in [5.41, 5.74) is 0. The van der Waals surface area contributed by atoms with E-state index in [4.69, 9.17) is 10.2 Å². The first-order valence-corrected chi connectivity index (χ1v) is 2.10. The molecule has 0 fully saturated rings. The van der Waals surface area contributed by atoms with Gasteiger partial charge >= 0.3 is 24.8 Å². The second kappa shape index (κ2) is 7.03. The zero-order valence-electron chi connectivity index (χ0n) is 3.92. The van der Waals surface area contributed by atoms with Crippen LogP contribution < -0.4 is 0 Å². The first-order chi connectivity index (χ1) is 3.27. The summed E-state index contributed by atoms with van der Waals surface area (Å²) in [7, 11) is 0. The Balaban J connectivity index is 0. The molecule has 0 aromatic rings. The predicted molar refractivity (Wildman–Crippen MR) is 31.1 cm³/mol. The minimum absolute atomic E-state index is 0. The van der Waals surface area contributed by atoms with Crippen LogP contribution in [0, 0.1) is 0 Å². The number of carboxylic acids is 1. The van der Waals surface area contributed by atoms with E-state index in [1.165, 1.54) is 0 Å². The van der Waals surface area contributed by atoms with Crippen LogP contribution in [0.2, 0.25) is 0 Å². The fourth-order valence-electron chi connectivity index (χ4n) is 0.230.